The summed E-state index contributed by atoms with van der Waals surface area (Å²) in [5.74, 6) is 0.126. The molecular formula is C13H17Br2NO. The maximum atomic E-state index is 12.2. The molecule has 1 amide bonds. The van der Waals surface area contributed by atoms with Gasteiger partial charge >= 0.3 is 0 Å². The number of benzene rings is 1. The predicted octanol–water partition coefficient (Wildman–Crippen LogP) is 3.75. The molecule has 1 rings (SSSR count). The fraction of sp³-hybridized carbons (Fsp3) is 0.462. The second-order valence-corrected chi connectivity index (χ2v) is 5.70. The van der Waals surface area contributed by atoms with Gasteiger partial charge in [0.15, 0.2) is 0 Å². The lowest BCUT2D eigenvalue weighted by Gasteiger charge is -2.24. The van der Waals surface area contributed by atoms with Crippen molar-refractivity contribution < 1.29 is 4.79 Å². The summed E-state index contributed by atoms with van der Waals surface area (Å²) < 4.78 is 0. The molecule has 0 bridgehead atoms. The number of amides is 1. The Kier molecular flexibility index (Phi) is 6.20. The molecule has 2 nitrogen and oxygen atoms in total. The zero-order chi connectivity index (χ0) is 12.8. The van der Waals surface area contributed by atoms with Crippen LogP contribution in [0.25, 0.3) is 0 Å². The Labute approximate surface area is 120 Å². The molecule has 0 spiro atoms. The maximum absolute atomic E-state index is 12.2. The van der Waals surface area contributed by atoms with Crippen LogP contribution < -0.4 is 0 Å². The third kappa shape index (κ3) is 3.81. The molecular weight excluding hydrogens is 346 g/mol. The van der Waals surface area contributed by atoms with Crippen LogP contribution >= 0.6 is 31.9 Å². The fourth-order valence-electron chi connectivity index (χ4n) is 1.64. The van der Waals surface area contributed by atoms with Gasteiger partial charge in [0.05, 0.1) is 4.83 Å². The van der Waals surface area contributed by atoms with Crippen LogP contribution in [-0.4, -0.2) is 28.7 Å². The van der Waals surface area contributed by atoms with Crippen LogP contribution in [0, 0.1) is 0 Å². The van der Waals surface area contributed by atoms with Crippen LogP contribution in [0.1, 0.15) is 24.2 Å². The first-order valence-electron chi connectivity index (χ1n) is 5.73. The van der Waals surface area contributed by atoms with E-state index in [-0.39, 0.29) is 15.6 Å². The number of carbonyl (C=O) groups is 1. The van der Waals surface area contributed by atoms with Gasteiger partial charge in [0.25, 0.3) is 0 Å². The molecule has 2 atom stereocenters. The monoisotopic (exact) mass is 361 g/mol. The largest absolute Gasteiger partial charge is 0.342 e. The number of rotatable bonds is 5. The molecule has 94 valence electrons. The first-order chi connectivity index (χ1) is 8.11. The number of nitrogens with zero attached hydrogens (tertiary/aromatic N) is 1. The summed E-state index contributed by atoms with van der Waals surface area (Å²) in [5, 5.41) is 0. The van der Waals surface area contributed by atoms with Gasteiger partial charge in [-0.2, -0.15) is 0 Å². The van der Waals surface area contributed by atoms with E-state index in [0.29, 0.717) is 0 Å². The van der Waals surface area contributed by atoms with Crippen LogP contribution in [0.5, 0.6) is 0 Å². The van der Waals surface area contributed by atoms with Crippen molar-refractivity contribution in [2.24, 2.45) is 0 Å². The molecule has 0 heterocycles. The van der Waals surface area contributed by atoms with E-state index in [4.69, 9.17) is 0 Å². The van der Waals surface area contributed by atoms with Crippen molar-refractivity contribution >= 4 is 37.8 Å². The van der Waals surface area contributed by atoms with Crippen molar-refractivity contribution in [3.8, 4) is 0 Å². The van der Waals surface area contributed by atoms with Gasteiger partial charge in [0.1, 0.15) is 4.83 Å². The van der Waals surface area contributed by atoms with E-state index < -0.39 is 0 Å². The zero-order valence-electron chi connectivity index (χ0n) is 10.1. The highest BCUT2D eigenvalue weighted by molar-refractivity contribution is 9.12. The Balaban J connectivity index is 2.76. The number of hydrogen-bond donors (Lipinski definition) is 0. The lowest BCUT2D eigenvalue weighted by molar-refractivity contribution is -0.130. The summed E-state index contributed by atoms with van der Waals surface area (Å²) >= 11 is 7.07. The molecule has 4 heteroatoms. The van der Waals surface area contributed by atoms with Crippen molar-refractivity contribution in [3.63, 3.8) is 0 Å². The molecule has 0 saturated carbocycles. The Morgan fingerprint density at radius 2 is 1.71 bits per heavy atom. The number of carbonyl (C=O) groups excluding carboxylic acids is 1. The minimum Gasteiger partial charge on any atom is -0.342 e. The van der Waals surface area contributed by atoms with Crippen molar-refractivity contribution in [2.75, 3.05) is 13.1 Å². The Hall–Kier alpha value is -0.350. The highest BCUT2D eigenvalue weighted by Crippen LogP contribution is 2.32. The lowest BCUT2D eigenvalue weighted by Crippen LogP contribution is -2.37. The highest BCUT2D eigenvalue weighted by Gasteiger charge is 2.27. The summed E-state index contributed by atoms with van der Waals surface area (Å²) in [5.41, 5.74) is 1.11. The van der Waals surface area contributed by atoms with Gasteiger partial charge in [-0.3, -0.25) is 4.79 Å². The molecule has 0 fully saturated rings. The Morgan fingerprint density at radius 3 is 2.18 bits per heavy atom. The minimum absolute atomic E-state index is 0.00296. The molecule has 1 aromatic rings. The third-order valence-electron chi connectivity index (χ3n) is 2.69. The van der Waals surface area contributed by atoms with E-state index >= 15 is 0 Å². The maximum Gasteiger partial charge on any atom is 0.237 e. The van der Waals surface area contributed by atoms with Crippen molar-refractivity contribution in [2.45, 2.75) is 23.5 Å². The van der Waals surface area contributed by atoms with E-state index in [0.717, 1.165) is 18.7 Å². The SMILES string of the molecule is CCN(CC)C(=O)C(Br)C(Br)c1ccccc1. The molecule has 0 aliphatic heterocycles. The first kappa shape index (κ1) is 14.7. The summed E-state index contributed by atoms with van der Waals surface area (Å²) in [6.45, 7) is 5.47. The predicted molar refractivity (Wildman–Crippen MR) is 78.8 cm³/mol. The molecule has 2 unspecified atom stereocenters. The molecule has 0 aliphatic carbocycles. The van der Waals surface area contributed by atoms with E-state index in [1.165, 1.54) is 0 Å². The van der Waals surface area contributed by atoms with Gasteiger partial charge in [-0.25, -0.2) is 0 Å². The number of halogens is 2. The van der Waals surface area contributed by atoms with Crippen LogP contribution in [0.2, 0.25) is 0 Å². The van der Waals surface area contributed by atoms with Gasteiger partial charge in [-0.15, -0.1) is 0 Å². The number of alkyl halides is 2. The molecule has 17 heavy (non-hydrogen) atoms. The standard InChI is InChI=1S/C13H17Br2NO/c1-3-16(4-2)13(17)12(15)11(14)10-8-6-5-7-9-10/h5-9,11-12H,3-4H2,1-2H3. The molecule has 0 aliphatic rings. The van der Waals surface area contributed by atoms with Crippen LogP contribution in [-0.2, 0) is 4.79 Å². The summed E-state index contributed by atoms with van der Waals surface area (Å²) in [6.07, 6.45) is 0. The van der Waals surface area contributed by atoms with Crippen molar-refractivity contribution in [1.29, 1.82) is 0 Å². The van der Waals surface area contributed by atoms with Gasteiger partial charge in [-0.1, -0.05) is 62.2 Å². The Morgan fingerprint density at radius 1 is 1.18 bits per heavy atom. The van der Waals surface area contributed by atoms with Gasteiger partial charge < -0.3 is 4.90 Å². The summed E-state index contributed by atoms with van der Waals surface area (Å²) in [6, 6.07) is 9.96. The van der Waals surface area contributed by atoms with Crippen LogP contribution in [0.15, 0.2) is 30.3 Å². The third-order valence-corrected chi connectivity index (χ3v) is 5.37. The average molecular weight is 363 g/mol. The van der Waals surface area contributed by atoms with E-state index in [1.54, 1.807) is 0 Å². The molecule has 0 radical (unpaired) electrons. The van der Waals surface area contributed by atoms with E-state index in [1.807, 2.05) is 49.1 Å². The van der Waals surface area contributed by atoms with E-state index in [2.05, 4.69) is 31.9 Å². The first-order valence-corrected chi connectivity index (χ1v) is 7.56. The van der Waals surface area contributed by atoms with Gasteiger partial charge in [-0.05, 0) is 19.4 Å². The Bertz CT molecular complexity index is 352. The zero-order valence-corrected chi connectivity index (χ0v) is 13.2. The second-order valence-electron chi connectivity index (χ2n) is 3.72. The highest BCUT2D eigenvalue weighted by atomic mass is 79.9. The minimum atomic E-state index is -0.232. The van der Waals surface area contributed by atoms with Crippen molar-refractivity contribution in [1.82, 2.24) is 4.90 Å². The van der Waals surface area contributed by atoms with Gasteiger partial charge in [0.2, 0.25) is 5.91 Å². The van der Waals surface area contributed by atoms with Crippen LogP contribution in [0.3, 0.4) is 0 Å². The summed E-state index contributed by atoms with van der Waals surface area (Å²) in [7, 11) is 0. The van der Waals surface area contributed by atoms with Gasteiger partial charge in [0, 0.05) is 13.1 Å². The number of hydrogen-bond acceptors (Lipinski definition) is 1. The molecule has 0 saturated heterocycles. The lowest BCUT2D eigenvalue weighted by atomic mass is 10.1. The average Bonchev–Trinajstić information content (AvgIpc) is 2.39. The second kappa shape index (κ2) is 7.17. The topological polar surface area (TPSA) is 20.3 Å². The normalized spacial score (nSPS) is 14.1. The summed E-state index contributed by atoms with van der Waals surface area (Å²) in [4.78, 5) is 13.8. The molecule has 0 aromatic heterocycles. The fourth-order valence-corrected chi connectivity index (χ4v) is 2.77. The molecule has 0 N–H and O–H groups in total. The molecule has 1 aromatic carbocycles. The van der Waals surface area contributed by atoms with E-state index in [9.17, 15) is 4.79 Å². The smallest absolute Gasteiger partial charge is 0.237 e. The van der Waals surface area contributed by atoms with Crippen LogP contribution in [0.4, 0.5) is 0 Å². The van der Waals surface area contributed by atoms with Crippen molar-refractivity contribution in [3.05, 3.63) is 35.9 Å². The quantitative estimate of drug-likeness (QED) is 0.730.